The lowest BCUT2D eigenvalue weighted by atomic mass is 10.1. The van der Waals surface area contributed by atoms with Crippen LogP contribution in [0.3, 0.4) is 0 Å². The van der Waals surface area contributed by atoms with Crippen LogP contribution in [-0.2, 0) is 17.6 Å². The summed E-state index contributed by atoms with van der Waals surface area (Å²) in [5.74, 6) is 1.52. The van der Waals surface area contributed by atoms with Crippen molar-refractivity contribution in [3.63, 3.8) is 0 Å². The number of aryl methyl sites for hydroxylation is 2. The number of carbonyl (C=O) groups excluding carboxylic acids is 1. The minimum atomic E-state index is -0.433. The number of thiophene rings is 1. The lowest BCUT2D eigenvalue weighted by Gasteiger charge is -2.31. The second kappa shape index (κ2) is 7.61. The Kier molecular flexibility index (Phi) is 5.04. The number of rotatable bonds is 5. The molecule has 0 spiro atoms. The summed E-state index contributed by atoms with van der Waals surface area (Å²) in [5.41, 5.74) is 1.15. The van der Waals surface area contributed by atoms with Crippen LogP contribution >= 0.6 is 11.3 Å². The van der Waals surface area contributed by atoms with Gasteiger partial charge in [0.1, 0.15) is 11.3 Å². The monoisotopic (exact) mass is 388 g/mol. The van der Waals surface area contributed by atoms with Gasteiger partial charge < -0.3 is 18.7 Å². The highest BCUT2D eigenvalue weighted by Gasteiger charge is 2.32. The van der Waals surface area contributed by atoms with Crippen molar-refractivity contribution in [2.24, 2.45) is 0 Å². The third-order valence-corrected chi connectivity index (χ3v) is 5.37. The summed E-state index contributed by atoms with van der Waals surface area (Å²) in [4.78, 5) is 20.3. The zero-order valence-corrected chi connectivity index (χ0v) is 16.0. The molecule has 3 aromatic rings. The van der Waals surface area contributed by atoms with Gasteiger partial charge in [-0.1, -0.05) is 23.3 Å². The van der Waals surface area contributed by atoms with E-state index >= 15 is 0 Å². The van der Waals surface area contributed by atoms with E-state index in [0.29, 0.717) is 61.3 Å². The molecule has 4 heterocycles. The van der Waals surface area contributed by atoms with Crippen molar-refractivity contribution in [3.05, 3.63) is 51.1 Å². The van der Waals surface area contributed by atoms with Crippen LogP contribution in [0.25, 0.3) is 0 Å². The molecule has 3 aromatic heterocycles. The molecule has 0 saturated carbocycles. The van der Waals surface area contributed by atoms with E-state index in [1.165, 1.54) is 4.88 Å². The van der Waals surface area contributed by atoms with Gasteiger partial charge in [-0.15, -0.1) is 11.3 Å². The van der Waals surface area contributed by atoms with E-state index in [1.54, 1.807) is 23.2 Å². The molecule has 0 aliphatic carbocycles. The van der Waals surface area contributed by atoms with Crippen molar-refractivity contribution in [2.75, 3.05) is 19.7 Å². The van der Waals surface area contributed by atoms with Crippen LogP contribution in [0.1, 0.15) is 51.4 Å². The number of nitrogens with zero attached hydrogens (tertiary/aromatic N) is 4. The lowest BCUT2D eigenvalue weighted by molar-refractivity contribution is -0.0368. The first-order valence-corrected chi connectivity index (χ1v) is 9.74. The van der Waals surface area contributed by atoms with E-state index in [4.69, 9.17) is 13.8 Å². The van der Waals surface area contributed by atoms with Crippen LogP contribution in [0.15, 0.2) is 26.6 Å². The van der Waals surface area contributed by atoms with Crippen LogP contribution in [0.4, 0.5) is 0 Å². The van der Waals surface area contributed by atoms with Crippen LogP contribution in [0.2, 0.25) is 0 Å². The van der Waals surface area contributed by atoms with E-state index in [2.05, 4.69) is 15.3 Å². The van der Waals surface area contributed by atoms with Crippen LogP contribution in [-0.4, -0.2) is 45.8 Å². The molecule has 0 bridgehead atoms. The largest absolute Gasteiger partial charge is 0.365 e. The fourth-order valence-electron chi connectivity index (χ4n) is 3.11. The quantitative estimate of drug-likeness (QED) is 0.663. The standard InChI is InChI=1S/C18H20N4O4S/c1-3-13-16(11(2)20-25-13)18(23)22-6-7-24-14(10-22)17-19-15(21-26-17)9-12-5-4-8-27-12/h4-5,8,14H,3,6-7,9-10H2,1-2H3/t14-/m1/s1. The maximum absolute atomic E-state index is 13.0. The Morgan fingerprint density at radius 3 is 3.04 bits per heavy atom. The second-order valence-corrected chi connectivity index (χ2v) is 7.37. The zero-order chi connectivity index (χ0) is 18.8. The molecule has 1 fully saturated rings. The van der Waals surface area contributed by atoms with Gasteiger partial charge in [-0.2, -0.15) is 4.98 Å². The number of amides is 1. The third kappa shape index (κ3) is 3.65. The Morgan fingerprint density at radius 2 is 2.26 bits per heavy atom. The molecule has 1 aliphatic rings. The molecule has 0 radical (unpaired) electrons. The molecular formula is C18H20N4O4S. The summed E-state index contributed by atoms with van der Waals surface area (Å²) >= 11 is 1.65. The van der Waals surface area contributed by atoms with Gasteiger partial charge in [0.15, 0.2) is 11.9 Å². The number of hydrogen-bond donors (Lipinski definition) is 0. The summed E-state index contributed by atoms with van der Waals surface area (Å²) in [6.45, 7) is 4.98. The third-order valence-electron chi connectivity index (χ3n) is 4.49. The van der Waals surface area contributed by atoms with E-state index in [-0.39, 0.29) is 5.91 Å². The predicted molar refractivity (Wildman–Crippen MR) is 96.6 cm³/mol. The highest BCUT2D eigenvalue weighted by atomic mass is 32.1. The maximum atomic E-state index is 13.0. The first-order valence-electron chi connectivity index (χ1n) is 8.86. The van der Waals surface area contributed by atoms with Crippen molar-refractivity contribution in [1.29, 1.82) is 0 Å². The van der Waals surface area contributed by atoms with Gasteiger partial charge in [-0.3, -0.25) is 4.79 Å². The van der Waals surface area contributed by atoms with Crippen LogP contribution < -0.4 is 0 Å². The highest BCUT2D eigenvalue weighted by molar-refractivity contribution is 7.09. The average Bonchev–Trinajstić information content (AvgIpc) is 3.43. The Morgan fingerprint density at radius 1 is 1.37 bits per heavy atom. The molecule has 0 unspecified atom stereocenters. The molecule has 1 amide bonds. The zero-order valence-electron chi connectivity index (χ0n) is 15.2. The SMILES string of the molecule is CCc1onc(C)c1C(=O)N1CCO[C@@H](c2nc(Cc3cccs3)no2)C1. The van der Waals surface area contributed by atoms with Gasteiger partial charge in [-0.05, 0) is 18.4 Å². The van der Waals surface area contributed by atoms with Gasteiger partial charge in [0.05, 0.1) is 18.8 Å². The summed E-state index contributed by atoms with van der Waals surface area (Å²) in [5, 5.41) is 9.98. The molecule has 0 N–H and O–H groups in total. The number of hydrogen-bond acceptors (Lipinski definition) is 8. The van der Waals surface area contributed by atoms with Gasteiger partial charge in [0, 0.05) is 24.3 Å². The van der Waals surface area contributed by atoms with Gasteiger partial charge >= 0.3 is 0 Å². The lowest BCUT2D eigenvalue weighted by Crippen LogP contribution is -2.42. The van der Waals surface area contributed by atoms with Crippen molar-refractivity contribution >= 4 is 17.2 Å². The van der Waals surface area contributed by atoms with E-state index in [9.17, 15) is 4.79 Å². The number of ether oxygens (including phenoxy) is 1. The summed E-state index contributed by atoms with van der Waals surface area (Å²) < 4.78 is 16.4. The molecule has 27 heavy (non-hydrogen) atoms. The average molecular weight is 388 g/mol. The van der Waals surface area contributed by atoms with Crippen LogP contribution in [0, 0.1) is 6.92 Å². The number of carbonyl (C=O) groups is 1. The first kappa shape index (κ1) is 17.9. The van der Waals surface area contributed by atoms with Crippen LogP contribution in [0.5, 0.6) is 0 Å². The normalized spacial score (nSPS) is 17.4. The van der Waals surface area contributed by atoms with E-state index in [0.717, 1.165) is 0 Å². The Bertz CT molecular complexity index is 918. The van der Waals surface area contributed by atoms with E-state index in [1.807, 2.05) is 24.4 Å². The highest BCUT2D eigenvalue weighted by Crippen LogP contribution is 2.25. The van der Waals surface area contributed by atoms with Gasteiger partial charge in [-0.25, -0.2) is 0 Å². The first-order chi connectivity index (χ1) is 13.2. The molecule has 0 aromatic carbocycles. The Balaban J connectivity index is 1.47. The van der Waals surface area contributed by atoms with Crippen molar-refractivity contribution < 1.29 is 18.6 Å². The van der Waals surface area contributed by atoms with Crippen molar-refractivity contribution in [1.82, 2.24) is 20.2 Å². The second-order valence-electron chi connectivity index (χ2n) is 6.34. The molecule has 1 atom stereocenters. The summed E-state index contributed by atoms with van der Waals surface area (Å²) in [6, 6.07) is 4.02. The molecule has 9 heteroatoms. The minimum absolute atomic E-state index is 0.0998. The minimum Gasteiger partial charge on any atom is -0.365 e. The fourth-order valence-corrected chi connectivity index (χ4v) is 3.81. The topological polar surface area (TPSA) is 94.5 Å². The fraction of sp³-hybridized carbons (Fsp3) is 0.444. The molecule has 142 valence electrons. The van der Waals surface area contributed by atoms with Gasteiger partial charge in [0.25, 0.3) is 11.8 Å². The molecular weight excluding hydrogens is 368 g/mol. The maximum Gasteiger partial charge on any atom is 0.259 e. The Labute approximate surface area is 160 Å². The summed E-state index contributed by atoms with van der Waals surface area (Å²) in [7, 11) is 0. The van der Waals surface area contributed by atoms with Gasteiger partial charge in [0.2, 0.25) is 0 Å². The van der Waals surface area contributed by atoms with Crippen molar-refractivity contribution in [2.45, 2.75) is 32.8 Å². The number of aromatic nitrogens is 3. The van der Waals surface area contributed by atoms with E-state index < -0.39 is 6.10 Å². The predicted octanol–water partition coefficient (Wildman–Crippen LogP) is 2.79. The van der Waals surface area contributed by atoms with Crippen molar-refractivity contribution in [3.8, 4) is 0 Å². The molecule has 4 rings (SSSR count). The smallest absolute Gasteiger partial charge is 0.259 e. The Hall–Kier alpha value is -2.52. The summed E-state index contributed by atoms with van der Waals surface area (Å²) in [6.07, 6.45) is 0.805. The molecule has 1 aliphatic heterocycles. The molecule has 1 saturated heterocycles. The number of morpholine rings is 1. The molecule has 8 nitrogen and oxygen atoms in total.